The number of nitrogens with zero attached hydrogens (tertiary/aromatic N) is 3. The average molecular weight is 307 g/mol. The summed E-state index contributed by atoms with van der Waals surface area (Å²) >= 11 is 3.56. The summed E-state index contributed by atoms with van der Waals surface area (Å²) in [6.07, 6.45) is 2.40. The number of hydrogen-bond donors (Lipinski definition) is 1. The molecule has 0 bridgehead atoms. The smallest absolute Gasteiger partial charge is 0.164 e. The summed E-state index contributed by atoms with van der Waals surface area (Å²) in [4.78, 5) is 0. The molecule has 0 spiro atoms. The molecule has 1 aromatic heterocycles. The second-order valence-electron chi connectivity index (χ2n) is 4.71. The molecular formula is C13H15BrN4. The molecule has 0 unspecified atom stereocenters. The quantitative estimate of drug-likeness (QED) is 0.948. The van der Waals surface area contributed by atoms with Gasteiger partial charge in [-0.15, -0.1) is 10.2 Å². The minimum Gasteiger partial charge on any atom is -0.324 e. The van der Waals surface area contributed by atoms with E-state index in [1.54, 1.807) is 0 Å². The zero-order chi connectivity index (χ0) is 12.7. The van der Waals surface area contributed by atoms with Crippen LogP contribution in [-0.2, 0) is 6.54 Å². The molecule has 2 aromatic rings. The van der Waals surface area contributed by atoms with Gasteiger partial charge < -0.3 is 10.3 Å². The van der Waals surface area contributed by atoms with Gasteiger partial charge in [-0.2, -0.15) is 0 Å². The van der Waals surface area contributed by atoms with Crippen molar-refractivity contribution in [1.29, 1.82) is 0 Å². The van der Waals surface area contributed by atoms with Gasteiger partial charge in [0.05, 0.1) is 6.54 Å². The number of nitrogens with two attached hydrogens (primary N) is 1. The van der Waals surface area contributed by atoms with Crippen molar-refractivity contribution in [3.63, 3.8) is 0 Å². The zero-order valence-corrected chi connectivity index (χ0v) is 11.8. The van der Waals surface area contributed by atoms with E-state index in [-0.39, 0.29) is 0 Å². The van der Waals surface area contributed by atoms with Gasteiger partial charge in [0.25, 0.3) is 0 Å². The summed E-state index contributed by atoms with van der Waals surface area (Å²) in [5.74, 6) is 1.81. The Bertz CT molecular complexity index is 587. The molecule has 3 rings (SSSR count). The highest BCUT2D eigenvalue weighted by molar-refractivity contribution is 9.10. The first-order chi connectivity index (χ1) is 8.70. The lowest BCUT2D eigenvalue weighted by Gasteiger charge is -2.08. The maximum atomic E-state index is 5.73. The zero-order valence-electron chi connectivity index (χ0n) is 10.2. The first kappa shape index (κ1) is 11.9. The first-order valence-electron chi connectivity index (χ1n) is 6.11. The molecule has 1 saturated carbocycles. The van der Waals surface area contributed by atoms with Crippen LogP contribution >= 0.6 is 15.9 Å². The third kappa shape index (κ3) is 1.97. The lowest BCUT2D eigenvalue weighted by Crippen LogP contribution is -2.08. The Morgan fingerprint density at radius 3 is 2.78 bits per heavy atom. The van der Waals surface area contributed by atoms with E-state index in [9.17, 15) is 0 Å². The molecule has 18 heavy (non-hydrogen) atoms. The van der Waals surface area contributed by atoms with Crippen LogP contribution in [-0.4, -0.2) is 14.8 Å². The summed E-state index contributed by atoms with van der Waals surface area (Å²) in [6.45, 7) is 2.52. The Morgan fingerprint density at radius 1 is 1.39 bits per heavy atom. The van der Waals surface area contributed by atoms with E-state index in [1.807, 2.05) is 0 Å². The van der Waals surface area contributed by atoms with Crippen LogP contribution in [0.25, 0.3) is 11.4 Å². The van der Waals surface area contributed by atoms with Gasteiger partial charge in [-0.05, 0) is 31.4 Å². The van der Waals surface area contributed by atoms with E-state index in [0.717, 1.165) is 21.7 Å². The van der Waals surface area contributed by atoms with Gasteiger partial charge >= 0.3 is 0 Å². The van der Waals surface area contributed by atoms with Gasteiger partial charge in [0, 0.05) is 16.1 Å². The normalized spacial score (nSPS) is 15.1. The Morgan fingerprint density at radius 2 is 2.17 bits per heavy atom. The maximum Gasteiger partial charge on any atom is 0.164 e. The predicted octanol–water partition coefficient (Wildman–Crippen LogP) is 2.81. The molecule has 2 N–H and O–H groups in total. The van der Waals surface area contributed by atoms with Crippen LogP contribution < -0.4 is 5.73 Å². The van der Waals surface area contributed by atoms with Gasteiger partial charge in [0.15, 0.2) is 5.82 Å². The molecule has 0 saturated heterocycles. The summed E-state index contributed by atoms with van der Waals surface area (Å²) in [6, 6.07) is 6.81. The molecule has 1 aliphatic rings. The highest BCUT2D eigenvalue weighted by Gasteiger charge is 2.29. The third-order valence-electron chi connectivity index (χ3n) is 3.29. The topological polar surface area (TPSA) is 56.7 Å². The fraction of sp³-hybridized carbons (Fsp3) is 0.385. The van der Waals surface area contributed by atoms with Crippen molar-refractivity contribution < 1.29 is 0 Å². The number of benzene rings is 1. The number of halogens is 1. The fourth-order valence-electron chi connectivity index (χ4n) is 2.11. The van der Waals surface area contributed by atoms with Crippen LogP contribution in [0.15, 0.2) is 22.7 Å². The molecule has 4 nitrogen and oxygen atoms in total. The highest BCUT2D eigenvalue weighted by Crippen LogP contribution is 2.39. The second kappa shape index (κ2) is 4.48. The number of rotatable bonds is 3. The van der Waals surface area contributed by atoms with Gasteiger partial charge in [-0.1, -0.05) is 28.1 Å². The summed E-state index contributed by atoms with van der Waals surface area (Å²) in [5, 5.41) is 8.50. The molecular weight excluding hydrogens is 292 g/mol. The minimum atomic E-state index is 0.441. The van der Waals surface area contributed by atoms with Gasteiger partial charge in [-0.25, -0.2) is 0 Å². The molecule has 1 heterocycles. The molecule has 0 aliphatic heterocycles. The lowest BCUT2D eigenvalue weighted by atomic mass is 10.1. The molecule has 5 heteroatoms. The van der Waals surface area contributed by atoms with Crippen LogP contribution in [0.5, 0.6) is 0 Å². The van der Waals surface area contributed by atoms with E-state index in [4.69, 9.17) is 5.73 Å². The van der Waals surface area contributed by atoms with E-state index in [0.29, 0.717) is 12.6 Å². The SMILES string of the molecule is Cc1ccc(-c2nnc(CN)n2C2CC2)cc1Br. The van der Waals surface area contributed by atoms with E-state index in [1.165, 1.54) is 18.4 Å². The first-order valence-corrected chi connectivity index (χ1v) is 6.90. The number of aromatic nitrogens is 3. The second-order valence-corrected chi connectivity index (χ2v) is 5.56. The van der Waals surface area contributed by atoms with Gasteiger partial charge in [0.2, 0.25) is 0 Å². The predicted molar refractivity (Wildman–Crippen MR) is 74.1 cm³/mol. The largest absolute Gasteiger partial charge is 0.324 e. The molecule has 1 fully saturated rings. The molecule has 0 radical (unpaired) electrons. The number of aryl methyl sites for hydroxylation is 1. The molecule has 0 atom stereocenters. The van der Waals surface area contributed by atoms with Crippen molar-refractivity contribution in [3.05, 3.63) is 34.1 Å². The Hall–Kier alpha value is -1.20. The van der Waals surface area contributed by atoms with Crippen LogP contribution in [0.1, 0.15) is 30.3 Å². The minimum absolute atomic E-state index is 0.441. The standard InChI is InChI=1S/C13H15BrN4/c1-8-2-3-9(6-11(8)14)13-17-16-12(7-15)18(13)10-4-5-10/h2-3,6,10H,4-5,7,15H2,1H3. The average Bonchev–Trinajstić information content (AvgIpc) is 3.12. The van der Waals surface area contributed by atoms with Crippen LogP contribution in [0.3, 0.4) is 0 Å². The maximum absolute atomic E-state index is 5.73. The summed E-state index contributed by atoms with van der Waals surface area (Å²) in [7, 11) is 0. The van der Waals surface area contributed by atoms with Crippen LogP contribution in [0.2, 0.25) is 0 Å². The fourth-order valence-corrected chi connectivity index (χ4v) is 2.49. The van der Waals surface area contributed by atoms with E-state index < -0.39 is 0 Å². The Balaban J connectivity index is 2.10. The van der Waals surface area contributed by atoms with Crippen molar-refractivity contribution in [1.82, 2.24) is 14.8 Å². The van der Waals surface area contributed by atoms with E-state index >= 15 is 0 Å². The molecule has 94 valence electrons. The highest BCUT2D eigenvalue weighted by atomic mass is 79.9. The van der Waals surface area contributed by atoms with Crippen LogP contribution in [0, 0.1) is 6.92 Å². The van der Waals surface area contributed by atoms with Gasteiger partial charge in [0.1, 0.15) is 5.82 Å². The van der Waals surface area contributed by atoms with Crippen molar-refractivity contribution in [2.75, 3.05) is 0 Å². The molecule has 1 aromatic carbocycles. The van der Waals surface area contributed by atoms with Crippen molar-refractivity contribution in [2.24, 2.45) is 5.73 Å². The van der Waals surface area contributed by atoms with Crippen molar-refractivity contribution in [3.8, 4) is 11.4 Å². The van der Waals surface area contributed by atoms with Crippen molar-refractivity contribution >= 4 is 15.9 Å². The number of hydrogen-bond acceptors (Lipinski definition) is 3. The third-order valence-corrected chi connectivity index (χ3v) is 4.15. The van der Waals surface area contributed by atoms with E-state index in [2.05, 4.69) is 55.8 Å². The monoisotopic (exact) mass is 306 g/mol. The van der Waals surface area contributed by atoms with Gasteiger partial charge in [-0.3, -0.25) is 0 Å². The summed E-state index contributed by atoms with van der Waals surface area (Å²) in [5.41, 5.74) is 8.04. The Kier molecular flexibility index (Phi) is 2.95. The lowest BCUT2D eigenvalue weighted by molar-refractivity contribution is 0.688. The van der Waals surface area contributed by atoms with Crippen LogP contribution in [0.4, 0.5) is 0 Å². The molecule has 1 aliphatic carbocycles. The Labute approximate surface area is 114 Å². The molecule has 0 amide bonds. The van der Waals surface area contributed by atoms with Crippen molar-refractivity contribution in [2.45, 2.75) is 32.4 Å². The summed E-state index contributed by atoms with van der Waals surface area (Å²) < 4.78 is 3.29.